The molecular formula is C19H24FN3O2. The van der Waals surface area contributed by atoms with Gasteiger partial charge in [-0.15, -0.1) is 0 Å². The normalized spacial score (nSPS) is 23.4. The molecule has 2 heterocycles. The zero-order valence-electron chi connectivity index (χ0n) is 14.6. The van der Waals surface area contributed by atoms with Gasteiger partial charge in [-0.2, -0.15) is 0 Å². The highest BCUT2D eigenvalue weighted by molar-refractivity contribution is 6.02. The molecule has 0 N–H and O–H groups in total. The Labute approximate surface area is 147 Å². The standard InChI is InChI=1S/C19H24FN3O2/c1-21-9-3-11-23(17-12-14(20)7-8-15(17)21)19(25)16-4-2-10-22(16)18(24)13-5-6-13/h7-8,12-13,16H,2-6,9-11H2,1H3. The van der Waals surface area contributed by atoms with E-state index in [0.29, 0.717) is 25.2 Å². The van der Waals surface area contributed by atoms with Gasteiger partial charge in [0.15, 0.2) is 0 Å². The lowest BCUT2D eigenvalue weighted by Gasteiger charge is -2.31. The largest absolute Gasteiger partial charge is 0.373 e. The summed E-state index contributed by atoms with van der Waals surface area (Å²) in [5, 5.41) is 0. The molecule has 0 radical (unpaired) electrons. The number of carbonyl (C=O) groups excluding carboxylic acids is 2. The molecule has 1 aliphatic carbocycles. The highest BCUT2D eigenvalue weighted by Crippen LogP contribution is 2.36. The Bertz CT molecular complexity index is 704. The van der Waals surface area contributed by atoms with Gasteiger partial charge in [0.1, 0.15) is 11.9 Å². The maximum Gasteiger partial charge on any atom is 0.249 e. The molecule has 0 bridgehead atoms. The molecule has 1 unspecified atom stereocenters. The second-order valence-corrected chi connectivity index (χ2v) is 7.36. The Morgan fingerprint density at radius 1 is 1.00 bits per heavy atom. The number of hydrogen-bond donors (Lipinski definition) is 0. The highest BCUT2D eigenvalue weighted by Gasteiger charge is 2.42. The first-order chi connectivity index (χ1) is 12.1. The molecule has 1 aromatic rings. The third kappa shape index (κ3) is 2.98. The Hall–Kier alpha value is -2.11. The molecule has 25 heavy (non-hydrogen) atoms. The minimum Gasteiger partial charge on any atom is -0.373 e. The quantitative estimate of drug-likeness (QED) is 0.827. The van der Waals surface area contributed by atoms with Gasteiger partial charge in [0.2, 0.25) is 11.8 Å². The van der Waals surface area contributed by atoms with Crippen LogP contribution in [0.15, 0.2) is 18.2 Å². The third-order valence-electron chi connectivity index (χ3n) is 5.53. The number of anilines is 2. The molecule has 1 atom stereocenters. The van der Waals surface area contributed by atoms with E-state index >= 15 is 0 Å². The number of nitrogens with zero attached hydrogens (tertiary/aromatic N) is 3. The summed E-state index contributed by atoms with van der Waals surface area (Å²) in [4.78, 5) is 31.3. The molecule has 1 aromatic carbocycles. The fourth-order valence-electron chi connectivity index (χ4n) is 4.00. The molecule has 3 aliphatic rings. The van der Waals surface area contributed by atoms with Crippen molar-refractivity contribution in [2.45, 2.75) is 38.1 Å². The van der Waals surface area contributed by atoms with Crippen LogP contribution in [-0.4, -0.2) is 49.4 Å². The molecule has 5 nitrogen and oxygen atoms in total. The van der Waals surface area contributed by atoms with Gasteiger partial charge in [0.25, 0.3) is 0 Å². The van der Waals surface area contributed by atoms with Crippen LogP contribution in [0.25, 0.3) is 0 Å². The van der Waals surface area contributed by atoms with Gasteiger partial charge >= 0.3 is 0 Å². The van der Waals surface area contributed by atoms with E-state index in [4.69, 9.17) is 0 Å². The summed E-state index contributed by atoms with van der Waals surface area (Å²) in [6, 6.07) is 4.21. The van der Waals surface area contributed by atoms with Crippen molar-refractivity contribution in [1.82, 2.24) is 4.90 Å². The van der Waals surface area contributed by atoms with Crippen LogP contribution in [0.5, 0.6) is 0 Å². The predicted octanol–water partition coefficient (Wildman–Crippen LogP) is 2.40. The number of hydrogen-bond acceptors (Lipinski definition) is 3. The Morgan fingerprint density at radius 3 is 2.56 bits per heavy atom. The predicted molar refractivity (Wildman–Crippen MR) is 94.1 cm³/mol. The molecule has 4 rings (SSSR count). The minimum absolute atomic E-state index is 0.0614. The number of likely N-dealkylation sites (tertiary alicyclic amines) is 1. The smallest absolute Gasteiger partial charge is 0.249 e. The summed E-state index contributed by atoms with van der Waals surface area (Å²) in [6.07, 6.45) is 4.27. The van der Waals surface area contributed by atoms with Crippen LogP contribution in [0.2, 0.25) is 0 Å². The van der Waals surface area contributed by atoms with Crippen molar-refractivity contribution in [3.05, 3.63) is 24.0 Å². The summed E-state index contributed by atoms with van der Waals surface area (Å²) in [5.41, 5.74) is 1.49. The van der Waals surface area contributed by atoms with Gasteiger partial charge in [-0.3, -0.25) is 9.59 Å². The van der Waals surface area contributed by atoms with Crippen LogP contribution in [0.4, 0.5) is 15.8 Å². The number of halogens is 1. The Balaban J connectivity index is 1.64. The average molecular weight is 345 g/mol. The summed E-state index contributed by atoms with van der Waals surface area (Å²) < 4.78 is 13.9. The van der Waals surface area contributed by atoms with Crippen LogP contribution in [-0.2, 0) is 9.59 Å². The number of amides is 2. The van der Waals surface area contributed by atoms with Crippen LogP contribution in [0.3, 0.4) is 0 Å². The maximum absolute atomic E-state index is 13.9. The monoisotopic (exact) mass is 345 g/mol. The summed E-state index contributed by atoms with van der Waals surface area (Å²) in [6.45, 7) is 2.04. The summed E-state index contributed by atoms with van der Waals surface area (Å²) in [7, 11) is 1.96. The number of fused-ring (bicyclic) bond motifs is 1. The lowest BCUT2D eigenvalue weighted by Crippen LogP contribution is -2.48. The average Bonchev–Trinajstić information content (AvgIpc) is 3.35. The number of benzene rings is 1. The molecule has 0 aromatic heterocycles. The second kappa shape index (κ2) is 6.32. The molecule has 2 amide bonds. The first-order valence-corrected chi connectivity index (χ1v) is 9.19. The van der Waals surface area contributed by atoms with E-state index in [-0.39, 0.29) is 23.5 Å². The van der Waals surface area contributed by atoms with E-state index in [2.05, 4.69) is 4.90 Å². The minimum atomic E-state index is -0.396. The maximum atomic E-state index is 13.9. The second-order valence-electron chi connectivity index (χ2n) is 7.36. The van der Waals surface area contributed by atoms with Gasteiger partial charge in [-0.25, -0.2) is 4.39 Å². The van der Waals surface area contributed by atoms with E-state index in [1.807, 2.05) is 7.05 Å². The third-order valence-corrected chi connectivity index (χ3v) is 5.53. The lowest BCUT2D eigenvalue weighted by molar-refractivity contribution is -0.138. The van der Waals surface area contributed by atoms with Crippen molar-refractivity contribution >= 4 is 23.2 Å². The van der Waals surface area contributed by atoms with Gasteiger partial charge < -0.3 is 14.7 Å². The van der Waals surface area contributed by atoms with E-state index in [9.17, 15) is 14.0 Å². The zero-order chi connectivity index (χ0) is 17.6. The summed E-state index contributed by atoms with van der Waals surface area (Å²) >= 11 is 0. The Kier molecular flexibility index (Phi) is 4.13. The van der Waals surface area contributed by atoms with E-state index in [1.165, 1.54) is 12.1 Å². The van der Waals surface area contributed by atoms with Crippen LogP contribution >= 0.6 is 0 Å². The SMILES string of the molecule is CN1CCCN(C(=O)C2CCCN2C(=O)C2CC2)c2cc(F)ccc21. The van der Waals surface area contributed by atoms with Crippen molar-refractivity contribution in [2.75, 3.05) is 36.5 Å². The fraction of sp³-hybridized carbons (Fsp3) is 0.579. The van der Waals surface area contributed by atoms with Crippen molar-refractivity contribution in [1.29, 1.82) is 0 Å². The van der Waals surface area contributed by atoms with E-state index in [1.54, 1.807) is 15.9 Å². The zero-order valence-corrected chi connectivity index (χ0v) is 14.6. The van der Waals surface area contributed by atoms with E-state index in [0.717, 1.165) is 37.9 Å². The van der Waals surface area contributed by atoms with Gasteiger partial charge in [-0.05, 0) is 50.3 Å². The molecular weight excluding hydrogens is 321 g/mol. The fourth-order valence-corrected chi connectivity index (χ4v) is 4.00. The molecule has 2 fully saturated rings. The van der Waals surface area contributed by atoms with Gasteiger partial charge in [0.05, 0.1) is 11.4 Å². The van der Waals surface area contributed by atoms with Crippen molar-refractivity contribution < 1.29 is 14.0 Å². The number of rotatable bonds is 2. The molecule has 6 heteroatoms. The molecule has 0 spiro atoms. The number of carbonyl (C=O) groups is 2. The topological polar surface area (TPSA) is 43.9 Å². The Morgan fingerprint density at radius 2 is 1.80 bits per heavy atom. The summed E-state index contributed by atoms with van der Waals surface area (Å²) in [5.74, 6) is -0.159. The molecule has 1 saturated carbocycles. The molecule has 1 saturated heterocycles. The van der Waals surface area contributed by atoms with E-state index < -0.39 is 6.04 Å². The van der Waals surface area contributed by atoms with Gasteiger partial charge in [-0.1, -0.05) is 0 Å². The van der Waals surface area contributed by atoms with Crippen molar-refractivity contribution in [3.63, 3.8) is 0 Å². The highest BCUT2D eigenvalue weighted by atomic mass is 19.1. The first-order valence-electron chi connectivity index (χ1n) is 9.19. The van der Waals surface area contributed by atoms with Crippen LogP contribution in [0.1, 0.15) is 32.1 Å². The molecule has 134 valence electrons. The van der Waals surface area contributed by atoms with Crippen LogP contribution < -0.4 is 9.80 Å². The van der Waals surface area contributed by atoms with Crippen LogP contribution in [0, 0.1) is 11.7 Å². The molecule has 2 aliphatic heterocycles. The van der Waals surface area contributed by atoms with Crippen molar-refractivity contribution in [3.8, 4) is 0 Å². The van der Waals surface area contributed by atoms with Crippen molar-refractivity contribution in [2.24, 2.45) is 5.92 Å². The first kappa shape index (κ1) is 16.4. The lowest BCUT2D eigenvalue weighted by atomic mass is 10.1. The van der Waals surface area contributed by atoms with Gasteiger partial charge in [0, 0.05) is 32.6 Å².